The molecule has 0 saturated carbocycles. The van der Waals surface area contributed by atoms with Crippen molar-refractivity contribution < 1.29 is 9.53 Å². The Bertz CT molecular complexity index is 300. The standard InChI is InChI=1S/C16H26O2/c1-5-6-7-8-9-11-14(2)15(3)12-10-13-16(17)18-4/h5-9,11,14-15H,10,12-13H2,1-4H3/b6-5+,8-7+,11-9+. The Hall–Kier alpha value is -1.31. The molecule has 0 aromatic carbocycles. The van der Waals surface area contributed by atoms with E-state index in [1.807, 2.05) is 31.2 Å². The summed E-state index contributed by atoms with van der Waals surface area (Å²) in [4.78, 5) is 11.0. The summed E-state index contributed by atoms with van der Waals surface area (Å²) in [6.45, 7) is 6.44. The van der Waals surface area contributed by atoms with Gasteiger partial charge in [-0.1, -0.05) is 50.3 Å². The monoisotopic (exact) mass is 250 g/mol. The summed E-state index contributed by atoms with van der Waals surface area (Å²) in [6.07, 6.45) is 14.9. The molecular weight excluding hydrogens is 224 g/mol. The van der Waals surface area contributed by atoms with Crippen molar-refractivity contribution >= 4 is 5.97 Å². The minimum Gasteiger partial charge on any atom is -0.469 e. The lowest BCUT2D eigenvalue weighted by atomic mass is 9.90. The third kappa shape index (κ3) is 8.80. The Balaban J connectivity index is 3.88. The van der Waals surface area contributed by atoms with Gasteiger partial charge in [0.1, 0.15) is 0 Å². The molecule has 0 rings (SSSR count). The summed E-state index contributed by atoms with van der Waals surface area (Å²) < 4.78 is 4.63. The first-order chi connectivity index (χ1) is 8.61. The molecule has 0 aliphatic heterocycles. The zero-order valence-electron chi connectivity index (χ0n) is 12.1. The van der Waals surface area contributed by atoms with Crippen molar-refractivity contribution in [2.75, 3.05) is 7.11 Å². The molecule has 0 aliphatic rings. The van der Waals surface area contributed by atoms with Gasteiger partial charge in [-0.2, -0.15) is 0 Å². The number of ether oxygens (including phenoxy) is 1. The van der Waals surface area contributed by atoms with Crippen molar-refractivity contribution in [1.82, 2.24) is 0 Å². The smallest absolute Gasteiger partial charge is 0.305 e. The fourth-order valence-electron chi connectivity index (χ4n) is 1.60. The normalized spacial score (nSPS) is 15.6. The predicted octanol–water partition coefficient (Wildman–Crippen LogP) is 4.29. The molecule has 0 aromatic rings. The fraction of sp³-hybridized carbons (Fsp3) is 0.562. The first kappa shape index (κ1) is 16.7. The molecule has 0 fully saturated rings. The fourth-order valence-corrected chi connectivity index (χ4v) is 1.60. The van der Waals surface area contributed by atoms with Crippen LogP contribution in [0.5, 0.6) is 0 Å². The molecule has 102 valence electrons. The maximum Gasteiger partial charge on any atom is 0.305 e. The minimum atomic E-state index is -0.111. The van der Waals surface area contributed by atoms with Crippen LogP contribution in [0.1, 0.15) is 40.0 Å². The van der Waals surface area contributed by atoms with E-state index in [0.29, 0.717) is 18.3 Å². The highest BCUT2D eigenvalue weighted by atomic mass is 16.5. The summed E-state index contributed by atoms with van der Waals surface area (Å²) >= 11 is 0. The highest BCUT2D eigenvalue weighted by molar-refractivity contribution is 5.68. The van der Waals surface area contributed by atoms with Gasteiger partial charge in [-0.05, 0) is 31.6 Å². The molecular formula is C16H26O2. The summed E-state index contributed by atoms with van der Waals surface area (Å²) in [7, 11) is 1.44. The molecule has 0 aliphatic carbocycles. The van der Waals surface area contributed by atoms with Gasteiger partial charge in [-0.3, -0.25) is 4.79 Å². The first-order valence-corrected chi connectivity index (χ1v) is 6.64. The van der Waals surface area contributed by atoms with Crippen LogP contribution in [-0.2, 0) is 9.53 Å². The highest BCUT2D eigenvalue weighted by Gasteiger charge is 2.09. The number of carbonyl (C=O) groups excluding carboxylic acids is 1. The van der Waals surface area contributed by atoms with Crippen molar-refractivity contribution in [2.24, 2.45) is 11.8 Å². The molecule has 0 aromatic heterocycles. The minimum absolute atomic E-state index is 0.111. The van der Waals surface area contributed by atoms with Crippen LogP contribution in [0.25, 0.3) is 0 Å². The van der Waals surface area contributed by atoms with E-state index in [2.05, 4.69) is 30.7 Å². The number of rotatable bonds is 8. The van der Waals surface area contributed by atoms with E-state index in [-0.39, 0.29) is 5.97 Å². The third-order valence-electron chi connectivity index (χ3n) is 3.11. The van der Waals surface area contributed by atoms with Crippen molar-refractivity contribution in [3.63, 3.8) is 0 Å². The molecule has 0 radical (unpaired) electrons. The summed E-state index contributed by atoms with van der Waals surface area (Å²) in [6, 6.07) is 0. The van der Waals surface area contributed by atoms with Gasteiger partial charge >= 0.3 is 5.97 Å². The number of allylic oxidation sites excluding steroid dienone is 6. The number of esters is 1. The molecule has 0 saturated heterocycles. The van der Waals surface area contributed by atoms with Gasteiger partial charge in [-0.15, -0.1) is 0 Å². The Morgan fingerprint density at radius 3 is 2.44 bits per heavy atom. The molecule has 2 heteroatoms. The van der Waals surface area contributed by atoms with Gasteiger partial charge in [-0.25, -0.2) is 0 Å². The molecule has 0 N–H and O–H groups in total. The maximum atomic E-state index is 11.0. The molecule has 18 heavy (non-hydrogen) atoms. The molecule has 0 heterocycles. The van der Waals surface area contributed by atoms with E-state index >= 15 is 0 Å². The number of hydrogen-bond acceptors (Lipinski definition) is 2. The van der Waals surface area contributed by atoms with E-state index in [1.165, 1.54) is 7.11 Å². The lowest BCUT2D eigenvalue weighted by Gasteiger charge is -2.15. The van der Waals surface area contributed by atoms with Gasteiger partial charge in [0.25, 0.3) is 0 Å². The second-order valence-corrected chi connectivity index (χ2v) is 4.60. The summed E-state index contributed by atoms with van der Waals surface area (Å²) in [5.74, 6) is 0.999. The van der Waals surface area contributed by atoms with Gasteiger partial charge in [0.2, 0.25) is 0 Å². The quantitative estimate of drug-likeness (QED) is 0.474. The number of hydrogen-bond donors (Lipinski definition) is 0. The average Bonchev–Trinajstić information content (AvgIpc) is 2.37. The Morgan fingerprint density at radius 2 is 1.83 bits per heavy atom. The van der Waals surface area contributed by atoms with E-state index in [1.54, 1.807) is 0 Å². The maximum absolute atomic E-state index is 11.0. The van der Waals surface area contributed by atoms with Crippen LogP contribution in [0.4, 0.5) is 0 Å². The van der Waals surface area contributed by atoms with E-state index < -0.39 is 0 Å². The van der Waals surface area contributed by atoms with E-state index in [9.17, 15) is 4.79 Å². The lowest BCUT2D eigenvalue weighted by molar-refractivity contribution is -0.140. The SMILES string of the molecule is C/C=C/C=C/C=C/C(C)C(C)CCCC(=O)OC. The van der Waals surface area contributed by atoms with Crippen molar-refractivity contribution in [1.29, 1.82) is 0 Å². The summed E-state index contributed by atoms with van der Waals surface area (Å²) in [5.41, 5.74) is 0. The zero-order valence-corrected chi connectivity index (χ0v) is 12.1. The average molecular weight is 250 g/mol. The molecule has 0 spiro atoms. The molecule has 0 amide bonds. The van der Waals surface area contributed by atoms with Gasteiger partial charge in [0, 0.05) is 6.42 Å². The van der Waals surface area contributed by atoms with Crippen LogP contribution in [0, 0.1) is 11.8 Å². The van der Waals surface area contributed by atoms with Gasteiger partial charge in [0.15, 0.2) is 0 Å². The molecule has 0 bridgehead atoms. The third-order valence-corrected chi connectivity index (χ3v) is 3.11. The Labute approximate surface area is 111 Å². The number of methoxy groups -OCH3 is 1. The van der Waals surface area contributed by atoms with Crippen LogP contribution in [0.3, 0.4) is 0 Å². The molecule has 2 nitrogen and oxygen atoms in total. The van der Waals surface area contributed by atoms with Gasteiger partial charge in [0.05, 0.1) is 7.11 Å². The van der Waals surface area contributed by atoms with Crippen LogP contribution in [-0.4, -0.2) is 13.1 Å². The van der Waals surface area contributed by atoms with Crippen molar-refractivity contribution in [3.05, 3.63) is 36.5 Å². The molecule has 2 unspecified atom stereocenters. The van der Waals surface area contributed by atoms with Crippen LogP contribution >= 0.6 is 0 Å². The van der Waals surface area contributed by atoms with Gasteiger partial charge < -0.3 is 4.74 Å². The highest BCUT2D eigenvalue weighted by Crippen LogP contribution is 2.19. The van der Waals surface area contributed by atoms with Crippen LogP contribution < -0.4 is 0 Å². The largest absolute Gasteiger partial charge is 0.469 e. The van der Waals surface area contributed by atoms with Crippen LogP contribution in [0.15, 0.2) is 36.5 Å². The second-order valence-electron chi connectivity index (χ2n) is 4.60. The first-order valence-electron chi connectivity index (χ1n) is 6.64. The number of carbonyl (C=O) groups is 1. The predicted molar refractivity (Wildman–Crippen MR) is 77.3 cm³/mol. The van der Waals surface area contributed by atoms with Crippen molar-refractivity contribution in [2.45, 2.75) is 40.0 Å². The Morgan fingerprint density at radius 1 is 1.17 bits per heavy atom. The Kier molecular flexibility index (Phi) is 10.0. The zero-order chi connectivity index (χ0) is 13.8. The summed E-state index contributed by atoms with van der Waals surface area (Å²) in [5, 5.41) is 0. The van der Waals surface area contributed by atoms with Crippen LogP contribution in [0.2, 0.25) is 0 Å². The second kappa shape index (κ2) is 10.8. The molecule has 2 atom stereocenters. The lowest BCUT2D eigenvalue weighted by Crippen LogP contribution is -2.07. The van der Waals surface area contributed by atoms with Crippen molar-refractivity contribution in [3.8, 4) is 0 Å². The van der Waals surface area contributed by atoms with E-state index in [0.717, 1.165) is 12.8 Å². The topological polar surface area (TPSA) is 26.3 Å². The van der Waals surface area contributed by atoms with E-state index in [4.69, 9.17) is 0 Å².